The van der Waals surface area contributed by atoms with E-state index in [4.69, 9.17) is 24.1 Å². The molecule has 43 heavy (non-hydrogen) atoms. The molecule has 1 N–H and O–H groups in total. The number of carbonyl (C=O) groups excluding carboxylic acids is 1. The zero-order valence-electron chi connectivity index (χ0n) is 25.9. The monoisotopic (exact) mass is 726 g/mol. The fourth-order valence-corrected chi connectivity index (χ4v) is 2.83. The Morgan fingerprint density at radius 1 is 0.767 bits per heavy atom. The molecular weight excluding hydrogens is 676 g/mol. The minimum atomic E-state index is -1.06. The standard InChI is InChI=1S/2C12H21O3.2C3H6O2S.Zr/c2*1-4-7-14-10-12(6-3,9-13)11-15-8-5-2;2*4-3(5)1-2-6;/h2*4-5H,1-2,6-11H2,3H3;2*6H,1-2H2,(H,4,5);/q2*-1;;;+4/p-2. The minimum Gasteiger partial charge on any atom is -0.854 e. The molecular formula is C30H52O10S2Zr. The molecule has 0 radical (unpaired) electrons. The van der Waals surface area contributed by atoms with Gasteiger partial charge >= 0.3 is 32.2 Å². The first kappa shape index (κ1) is 51.8. The number of ether oxygens (including phenoxy) is 4. The van der Waals surface area contributed by atoms with Crippen LogP contribution in [0.2, 0.25) is 0 Å². The minimum absolute atomic E-state index is 0. The van der Waals surface area contributed by atoms with Crippen molar-refractivity contribution < 1.29 is 75.2 Å². The van der Waals surface area contributed by atoms with Gasteiger partial charge < -0.3 is 56.8 Å². The molecule has 0 unspecified atom stereocenters. The maximum Gasteiger partial charge on any atom is 4.00 e. The van der Waals surface area contributed by atoms with E-state index in [9.17, 15) is 24.9 Å². The summed E-state index contributed by atoms with van der Waals surface area (Å²) in [6.45, 7) is 21.4. The van der Waals surface area contributed by atoms with Gasteiger partial charge in [-0.2, -0.15) is 18.4 Å². The first-order valence-electron chi connectivity index (χ1n) is 13.5. The summed E-state index contributed by atoms with van der Waals surface area (Å²) < 4.78 is 21.3. The Kier molecular flexibility index (Phi) is 47.3. The molecule has 0 fully saturated rings. The molecule has 13 heteroatoms. The van der Waals surface area contributed by atoms with Gasteiger partial charge in [0.15, 0.2) is 0 Å². The molecule has 0 atom stereocenters. The third-order valence-corrected chi connectivity index (χ3v) is 5.75. The first-order chi connectivity index (χ1) is 20.0. The van der Waals surface area contributed by atoms with Gasteiger partial charge in [-0.25, -0.2) is 0 Å². The predicted molar refractivity (Wildman–Crippen MR) is 167 cm³/mol. The molecule has 0 aromatic rings. The van der Waals surface area contributed by atoms with E-state index in [-0.39, 0.29) is 58.0 Å². The molecule has 0 amide bonds. The van der Waals surface area contributed by atoms with Crippen molar-refractivity contribution in [1.82, 2.24) is 0 Å². The third-order valence-electron chi connectivity index (χ3n) is 5.32. The number of thiol groups is 1. The summed E-state index contributed by atoms with van der Waals surface area (Å²) in [4.78, 5) is 19.0. The molecule has 0 bridgehead atoms. The number of hydrogen-bond donors (Lipinski definition) is 2. The number of carboxylic acids is 2. The van der Waals surface area contributed by atoms with Crippen molar-refractivity contribution in [2.24, 2.45) is 10.8 Å². The summed E-state index contributed by atoms with van der Waals surface area (Å²) in [7, 11) is 0. The van der Waals surface area contributed by atoms with E-state index in [1.807, 2.05) is 13.8 Å². The van der Waals surface area contributed by atoms with Crippen LogP contribution in [-0.4, -0.2) is 94.6 Å². The smallest absolute Gasteiger partial charge is 0.854 e. The van der Waals surface area contributed by atoms with E-state index < -0.39 is 22.8 Å². The summed E-state index contributed by atoms with van der Waals surface area (Å²) in [6.07, 6.45) is 8.37. The number of rotatable bonds is 24. The van der Waals surface area contributed by atoms with Gasteiger partial charge in [0.05, 0.1) is 59.3 Å². The number of carbonyl (C=O) groups is 2. The van der Waals surface area contributed by atoms with Gasteiger partial charge in [0.1, 0.15) is 0 Å². The van der Waals surface area contributed by atoms with Crippen LogP contribution in [0.15, 0.2) is 50.6 Å². The largest absolute Gasteiger partial charge is 4.00 e. The summed E-state index contributed by atoms with van der Waals surface area (Å²) >= 11 is 7.99. The zero-order chi connectivity index (χ0) is 33.1. The van der Waals surface area contributed by atoms with Gasteiger partial charge in [-0.05, 0) is 19.3 Å². The quantitative estimate of drug-likeness (QED) is 0.0640. The van der Waals surface area contributed by atoms with Gasteiger partial charge in [0.2, 0.25) is 0 Å². The van der Waals surface area contributed by atoms with Crippen LogP contribution < -0.4 is 15.3 Å². The molecule has 0 saturated carbocycles. The summed E-state index contributed by atoms with van der Waals surface area (Å²) in [5.74, 6) is -1.17. The summed E-state index contributed by atoms with van der Waals surface area (Å²) in [5.41, 5.74) is -0.821. The van der Waals surface area contributed by atoms with Crippen LogP contribution in [0.4, 0.5) is 0 Å². The second-order valence-corrected chi connectivity index (χ2v) is 9.76. The predicted octanol–water partition coefficient (Wildman–Crippen LogP) is 1.36. The fourth-order valence-electron chi connectivity index (χ4n) is 2.48. The average Bonchev–Trinajstić information content (AvgIpc) is 2.97. The Balaban J connectivity index is -0.000000161. The van der Waals surface area contributed by atoms with Crippen molar-refractivity contribution in [2.45, 2.75) is 39.5 Å². The van der Waals surface area contributed by atoms with Crippen LogP contribution in [0, 0.1) is 10.8 Å². The topological polar surface area (TPSA) is 160 Å². The SMILES string of the molecule is C=CCOCC(CC)(C[O-])COCC=C.C=CCOCC(CC)(C[O-])COCC=C.O=C(O)CCS.O=C([O-])CC[S-].[Zr+4]. The zero-order valence-corrected chi connectivity index (χ0v) is 30.1. The molecule has 0 aromatic heterocycles. The van der Waals surface area contributed by atoms with Crippen molar-refractivity contribution in [2.75, 3.05) is 77.6 Å². The molecule has 248 valence electrons. The van der Waals surface area contributed by atoms with Crippen molar-refractivity contribution in [3.8, 4) is 0 Å². The van der Waals surface area contributed by atoms with E-state index in [1.165, 1.54) is 0 Å². The van der Waals surface area contributed by atoms with E-state index >= 15 is 0 Å². The number of carboxylic acid groups (broad SMARTS) is 2. The number of aliphatic carboxylic acids is 2. The molecule has 0 aliphatic rings. The Hall–Kier alpha value is -0.757. The number of hydrogen-bond acceptors (Lipinski definition) is 11. The van der Waals surface area contributed by atoms with Crippen molar-refractivity contribution in [3.63, 3.8) is 0 Å². The van der Waals surface area contributed by atoms with E-state index in [0.29, 0.717) is 58.6 Å². The molecule has 0 rings (SSSR count). The third kappa shape index (κ3) is 37.3. The first-order valence-corrected chi connectivity index (χ1v) is 14.8. The summed E-state index contributed by atoms with van der Waals surface area (Å²) in [5, 5.41) is 39.6. The molecule has 0 spiro atoms. The molecule has 0 saturated heterocycles. The Bertz CT molecular complexity index is 585. The van der Waals surface area contributed by atoms with E-state index in [1.54, 1.807) is 24.3 Å². The second kappa shape index (κ2) is 39.3. The Labute approximate surface area is 289 Å². The molecule has 10 nitrogen and oxygen atoms in total. The molecule has 0 heterocycles. The van der Waals surface area contributed by atoms with Gasteiger partial charge in [-0.3, -0.25) is 4.79 Å². The maximum atomic E-state index is 11.2. The van der Waals surface area contributed by atoms with Crippen LogP contribution >= 0.6 is 12.6 Å². The normalized spacial score (nSPS) is 10.2. The van der Waals surface area contributed by atoms with E-state index in [2.05, 4.69) is 51.6 Å². The van der Waals surface area contributed by atoms with Crippen molar-refractivity contribution in [3.05, 3.63) is 50.6 Å². The molecule has 0 aromatic carbocycles. The van der Waals surface area contributed by atoms with Crippen LogP contribution in [-0.2, 0) is 67.4 Å². The van der Waals surface area contributed by atoms with Gasteiger partial charge in [-0.15, -0.1) is 39.5 Å². The molecule has 0 aliphatic carbocycles. The Morgan fingerprint density at radius 3 is 1.16 bits per heavy atom. The van der Waals surface area contributed by atoms with Gasteiger partial charge in [-0.1, -0.05) is 38.2 Å². The van der Waals surface area contributed by atoms with E-state index in [0.717, 1.165) is 12.8 Å². The van der Waals surface area contributed by atoms with Crippen LogP contribution in [0.1, 0.15) is 39.5 Å². The Morgan fingerprint density at radius 2 is 1.07 bits per heavy atom. The van der Waals surface area contributed by atoms with Crippen molar-refractivity contribution >= 4 is 37.2 Å². The van der Waals surface area contributed by atoms with Crippen LogP contribution in [0.25, 0.3) is 0 Å². The second-order valence-electron chi connectivity index (χ2n) is 8.90. The van der Waals surface area contributed by atoms with Gasteiger partial charge in [0, 0.05) is 22.6 Å². The summed E-state index contributed by atoms with van der Waals surface area (Å²) in [6, 6.07) is 0. The van der Waals surface area contributed by atoms with Crippen molar-refractivity contribution in [1.29, 1.82) is 0 Å². The molecule has 0 aliphatic heterocycles. The average molecular weight is 728 g/mol. The van der Waals surface area contributed by atoms with Crippen LogP contribution in [0.3, 0.4) is 0 Å². The maximum absolute atomic E-state index is 11.2. The van der Waals surface area contributed by atoms with Crippen LogP contribution in [0.5, 0.6) is 0 Å². The van der Waals surface area contributed by atoms with Gasteiger partial charge in [0.25, 0.3) is 0 Å². The fraction of sp³-hybridized carbons (Fsp3) is 0.667.